The Morgan fingerprint density at radius 2 is 1.67 bits per heavy atom. The summed E-state index contributed by atoms with van der Waals surface area (Å²) in [6, 6.07) is 9.62. The third-order valence-corrected chi connectivity index (χ3v) is 6.13. The van der Waals surface area contributed by atoms with E-state index in [9.17, 15) is 0 Å². The van der Waals surface area contributed by atoms with E-state index < -0.39 is 0 Å². The highest BCUT2D eigenvalue weighted by Crippen LogP contribution is 2.19. The van der Waals surface area contributed by atoms with E-state index in [1.54, 1.807) is 12.0 Å². The van der Waals surface area contributed by atoms with Crippen LogP contribution < -0.4 is 15.0 Å². The zero-order chi connectivity index (χ0) is 16.9. The van der Waals surface area contributed by atoms with Gasteiger partial charge in [0.15, 0.2) is 5.11 Å². The number of hydrogen-bond donors (Lipinski definition) is 2. The van der Waals surface area contributed by atoms with Gasteiger partial charge < -0.3 is 19.9 Å². The molecule has 2 fully saturated rings. The third kappa shape index (κ3) is 4.19. The second-order valence-corrected chi connectivity index (χ2v) is 7.53. The second-order valence-electron chi connectivity index (χ2n) is 7.15. The highest BCUT2D eigenvalue weighted by atomic mass is 32.1. The van der Waals surface area contributed by atoms with Crippen molar-refractivity contribution in [3.8, 4) is 5.75 Å². The molecule has 1 aromatic rings. The molecule has 3 rings (SSSR count). The quantitative estimate of drug-likeness (QED) is 0.817. The van der Waals surface area contributed by atoms with Gasteiger partial charge in [-0.05, 0) is 62.2 Å². The molecule has 0 bridgehead atoms. The highest BCUT2D eigenvalue weighted by Gasteiger charge is 2.32. The first-order chi connectivity index (χ1) is 11.7. The number of nitrogens with one attached hydrogen (secondary N) is 2. The fourth-order valence-electron chi connectivity index (χ4n) is 4.13. The number of likely N-dealkylation sites (tertiary alicyclic amines) is 1. The molecule has 1 aromatic carbocycles. The van der Waals surface area contributed by atoms with Gasteiger partial charge in [0.2, 0.25) is 0 Å². The van der Waals surface area contributed by atoms with E-state index in [1.807, 2.05) is 24.3 Å². The normalized spacial score (nSPS) is 20.8. The Bertz CT molecular complexity index is 534. The van der Waals surface area contributed by atoms with Crippen molar-refractivity contribution in [1.29, 1.82) is 0 Å². The van der Waals surface area contributed by atoms with Crippen molar-refractivity contribution in [2.24, 2.45) is 0 Å². The molecule has 0 aromatic heterocycles. The predicted molar refractivity (Wildman–Crippen MR) is 103 cm³/mol. The summed E-state index contributed by atoms with van der Waals surface area (Å²) in [5.74, 6) is 0.866. The van der Waals surface area contributed by atoms with Crippen LogP contribution in [0.5, 0.6) is 5.75 Å². The Morgan fingerprint density at radius 3 is 2.25 bits per heavy atom. The summed E-state index contributed by atoms with van der Waals surface area (Å²) in [5, 5.41) is 4.20. The van der Waals surface area contributed by atoms with Crippen molar-refractivity contribution in [2.45, 2.75) is 50.6 Å². The maximum absolute atomic E-state index is 5.61. The topological polar surface area (TPSA) is 28.9 Å². The van der Waals surface area contributed by atoms with Crippen molar-refractivity contribution in [3.05, 3.63) is 24.3 Å². The summed E-state index contributed by atoms with van der Waals surface area (Å²) < 4.78 is 5.19. The minimum atomic E-state index is 0.799. The molecule has 1 aliphatic carbocycles. The molecule has 1 unspecified atom stereocenters. The minimum absolute atomic E-state index is 0.799. The lowest BCUT2D eigenvalue weighted by Gasteiger charge is -2.38. The predicted octanol–water partition coefficient (Wildman–Crippen LogP) is 2.31. The Balaban J connectivity index is 1.47. The molecule has 0 radical (unpaired) electrons. The maximum Gasteiger partial charge on any atom is 0.173 e. The van der Waals surface area contributed by atoms with Crippen LogP contribution in [0.15, 0.2) is 24.3 Å². The van der Waals surface area contributed by atoms with Gasteiger partial charge in [-0.3, -0.25) is 0 Å². The molecule has 1 aliphatic heterocycles. The van der Waals surface area contributed by atoms with E-state index in [2.05, 4.69) is 17.3 Å². The Morgan fingerprint density at radius 1 is 1.08 bits per heavy atom. The van der Waals surface area contributed by atoms with Gasteiger partial charge in [-0.15, -0.1) is 0 Å². The van der Waals surface area contributed by atoms with Crippen molar-refractivity contribution in [3.63, 3.8) is 0 Å². The molecule has 1 atom stereocenters. The number of ether oxygens (including phenoxy) is 1. The number of thiocarbonyl (C=S) groups is 1. The van der Waals surface area contributed by atoms with Crippen molar-refractivity contribution < 1.29 is 9.64 Å². The summed E-state index contributed by atoms with van der Waals surface area (Å²) in [6.45, 7) is 2.13. The first-order valence-electron chi connectivity index (χ1n) is 9.20. The van der Waals surface area contributed by atoms with Gasteiger partial charge in [-0.2, -0.15) is 0 Å². The fourth-order valence-corrected chi connectivity index (χ4v) is 4.43. The maximum atomic E-state index is 5.61. The molecule has 0 amide bonds. The summed E-state index contributed by atoms with van der Waals surface area (Å²) in [6.07, 6.45) is 8.18. The highest BCUT2D eigenvalue weighted by molar-refractivity contribution is 7.80. The van der Waals surface area contributed by atoms with Gasteiger partial charge in [0.25, 0.3) is 0 Å². The van der Waals surface area contributed by atoms with Gasteiger partial charge >= 0.3 is 0 Å². The van der Waals surface area contributed by atoms with Crippen LogP contribution in [0, 0.1) is 0 Å². The first-order valence-corrected chi connectivity index (χ1v) is 9.61. The molecule has 1 heterocycles. The molecule has 132 valence electrons. The van der Waals surface area contributed by atoms with Gasteiger partial charge in [0.1, 0.15) is 5.75 Å². The van der Waals surface area contributed by atoms with E-state index in [-0.39, 0.29) is 0 Å². The molecule has 1 saturated heterocycles. The molecule has 1 saturated carbocycles. The van der Waals surface area contributed by atoms with Crippen LogP contribution in [-0.2, 0) is 0 Å². The molecular formula is C19H30N3OS+. The lowest BCUT2D eigenvalue weighted by Crippen LogP contribution is -3.16. The number of piperidine rings is 1. The van der Waals surface area contributed by atoms with Crippen molar-refractivity contribution in [1.82, 2.24) is 4.90 Å². The number of rotatable bonds is 4. The van der Waals surface area contributed by atoms with Gasteiger partial charge in [-0.1, -0.05) is 0 Å². The number of benzene rings is 1. The monoisotopic (exact) mass is 348 g/mol. The lowest BCUT2D eigenvalue weighted by atomic mass is 10.0. The van der Waals surface area contributed by atoms with E-state index in [0.717, 1.165) is 41.7 Å². The molecule has 2 N–H and O–H groups in total. The van der Waals surface area contributed by atoms with Crippen LogP contribution >= 0.6 is 12.2 Å². The molecule has 0 spiro atoms. The fraction of sp³-hybridized carbons (Fsp3) is 0.632. The van der Waals surface area contributed by atoms with Crippen LogP contribution in [0.3, 0.4) is 0 Å². The van der Waals surface area contributed by atoms with Crippen LogP contribution in [0.2, 0.25) is 0 Å². The lowest BCUT2D eigenvalue weighted by molar-refractivity contribution is -0.931. The number of nitrogens with zero attached hydrogens (tertiary/aromatic N) is 1. The third-order valence-electron chi connectivity index (χ3n) is 5.77. The number of anilines is 1. The molecule has 24 heavy (non-hydrogen) atoms. The van der Waals surface area contributed by atoms with Crippen LogP contribution in [0.25, 0.3) is 0 Å². The van der Waals surface area contributed by atoms with E-state index >= 15 is 0 Å². The largest absolute Gasteiger partial charge is 0.497 e. The summed E-state index contributed by atoms with van der Waals surface area (Å²) >= 11 is 5.61. The van der Waals surface area contributed by atoms with Crippen molar-refractivity contribution >= 4 is 23.0 Å². The van der Waals surface area contributed by atoms with Gasteiger partial charge in [0, 0.05) is 31.6 Å². The molecule has 4 nitrogen and oxygen atoms in total. The van der Waals surface area contributed by atoms with E-state index in [4.69, 9.17) is 17.0 Å². The minimum Gasteiger partial charge on any atom is -0.497 e. The molecule has 2 aliphatic rings. The molecular weight excluding hydrogens is 318 g/mol. The Labute approximate surface area is 151 Å². The smallest absolute Gasteiger partial charge is 0.173 e. The Hall–Kier alpha value is -1.33. The van der Waals surface area contributed by atoms with Crippen LogP contribution in [-0.4, -0.2) is 49.3 Å². The zero-order valence-electron chi connectivity index (χ0n) is 14.9. The zero-order valence-corrected chi connectivity index (χ0v) is 15.7. The average Bonchev–Trinajstić information content (AvgIpc) is 3.16. The number of hydrogen-bond acceptors (Lipinski definition) is 2. The van der Waals surface area contributed by atoms with Crippen LogP contribution in [0.4, 0.5) is 5.69 Å². The van der Waals surface area contributed by atoms with Gasteiger partial charge in [0.05, 0.1) is 26.2 Å². The van der Waals surface area contributed by atoms with Gasteiger partial charge in [-0.25, -0.2) is 0 Å². The van der Waals surface area contributed by atoms with E-state index in [1.165, 1.54) is 38.5 Å². The standard InChI is InChI=1S/C19H29N3OS/c1-21(16-5-3-4-6-16)17-11-13-22(14-12-17)19(24)20-15-7-9-18(23-2)10-8-15/h7-10,16-17H,3-6,11-14H2,1-2H3,(H,20,24)/p+1. The Kier molecular flexibility index (Phi) is 5.95. The summed E-state index contributed by atoms with van der Waals surface area (Å²) in [4.78, 5) is 4.08. The first kappa shape index (κ1) is 17.5. The van der Waals surface area contributed by atoms with Crippen LogP contribution in [0.1, 0.15) is 38.5 Å². The number of methoxy groups -OCH3 is 1. The second kappa shape index (κ2) is 8.17. The van der Waals surface area contributed by atoms with E-state index in [0.29, 0.717) is 0 Å². The van der Waals surface area contributed by atoms with Crippen molar-refractivity contribution in [2.75, 3.05) is 32.6 Å². The average molecular weight is 349 g/mol. The SMILES string of the molecule is COc1ccc(NC(=S)N2CCC([NH+](C)C3CCCC3)CC2)cc1. The molecule has 5 heteroatoms. The summed E-state index contributed by atoms with van der Waals surface area (Å²) in [5.41, 5.74) is 1.02. The number of quaternary nitrogens is 1. The summed E-state index contributed by atoms with van der Waals surface area (Å²) in [7, 11) is 4.09.